The maximum atomic E-state index is 14.4. The fraction of sp³-hybridized carbons (Fsp3) is 0.250. The third kappa shape index (κ3) is 3.17. The first-order chi connectivity index (χ1) is 13.4. The molecule has 0 saturated carbocycles. The number of phenols is 1. The molecule has 1 aromatic heterocycles. The first-order valence-corrected chi connectivity index (χ1v) is 8.93. The van der Waals surface area contributed by atoms with Crippen LogP contribution in [0.2, 0.25) is 0 Å². The van der Waals surface area contributed by atoms with E-state index in [1.807, 2.05) is 30.0 Å². The third-order valence-electron chi connectivity index (χ3n) is 4.90. The van der Waals surface area contributed by atoms with Gasteiger partial charge in [-0.3, -0.25) is 0 Å². The maximum absolute atomic E-state index is 14.4. The molecule has 144 valence electrons. The Bertz CT molecular complexity index is 1040. The van der Waals surface area contributed by atoms with Crippen molar-refractivity contribution in [1.29, 1.82) is 0 Å². The number of rotatable bonds is 2. The van der Waals surface area contributed by atoms with Crippen LogP contribution in [0.4, 0.5) is 15.0 Å². The molecule has 1 saturated heterocycles. The van der Waals surface area contributed by atoms with Gasteiger partial charge in [0, 0.05) is 31.6 Å². The Morgan fingerprint density at radius 1 is 1.11 bits per heavy atom. The van der Waals surface area contributed by atoms with Crippen molar-refractivity contribution in [3.05, 3.63) is 47.8 Å². The molecule has 1 amide bonds. The van der Waals surface area contributed by atoms with Gasteiger partial charge < -0.3 is 20.0 Å². The first kappa shape index (κ1) is 18.0. The van der Waals surface area contributed by atoms with Crippen LogP contribution >= 0.6 is 0 Å². The average molecular weight is 382 g/mol. The van der Waals surface area contributed by atoms with Gasteiger partial charge in [0.2, 0.25) is 0 Å². The number of carbonyl (C=O) groups is 1. The molecule has 3 aromatic rings. The number of hydrogen-bond acceptors (Lipinski definition) is 5. The highest BCUT2D eigenvalue weighted by atomic mass is 19.1. The molecule has 0 atom stereocenters. The van der Waals surface area contributed by atoms with Crippen molar-refractivity contribution in [1.82, 2.24) is 14.9 Å². The molecule has 28 heavy (non-hydrogen) atoms. The highest BCUT2D eigenvalue weighted by molar-refractivity contribution is 5.92. The zero-order valence-electron chi connectivity index (χ0n) is 15.3. The van der Waals surface area contributed by atoms with E-state index in [0.717, 1.165) is 10.9 Å². The fourth-order valence-electron chi connectivity index (χ4n) is 3.42. The minimum atomic E-state index is -0.945. The second-order valence-corrected chi connectivity index (χ2v) is 6.78. The van der Waals surface area contributed by atoms with Crippen molar-refractivity contribution < 1.29 is 19.4 Å². The third-order valence-corrected chi connectivity index (χ3v) is 4.90. The Hall–Kier alpha value is -3.42. The summed E-state index contributed by atoms with van der Waals surface area (Å²) >= 11 is 0. The van der Waals surface area contributed by atoms with Crippen molar-refractivity contribution in [2.45, 2.75) is 6.92 Å². The van der Waals surface area contributed by atoms with Gasteiger partial charge >= 0.3 is 6.09 Å². The van der Waals surface area contributed by atoms with Crippen molar-refractivity contribution in [2.24, 2.45) is 0 Å². The second kappa shape index (κ2) is 6.95. The van der Waals surface area contributed by atoms with Crippen molar-refractivity contribution >= 4 is 22.8 Å². The van der Waals surface area contributed by atoms with E-state index in [9.17, 15) is 14.3 Å². The predicted octanol–water partition coefficient (Wildman–Crippen LogP) is 3.25. The highest BCUT2D eigenvalue weighted by Crippen LogP contribution is 2.34. The molecule has 0 bridgehead atoms. The van der Waals surface area contributed by atoms with Crippen LogP contribution in [0.25, 0.3) is 22.3 Å². The summed E-state index contributed by atoms with van der Waals surface area (Å²) in [6, 6.07) is 9.82. The van der Waals surface area contributed by atoms with Crippen LogP contribution < -0.4 is 4.90 Å². The molecule has 2 aromatic carbocycles. The molecule has 1 fully saturated rings. The number of phenolic OH excluding ortho intramolecular Hbond substituents is 1. The predicted molar refractivity (Wildman–Crippen MR) is 103 cm³/mol. The number of fused-ring (bicyclic) bond motifs is 1. The van der Waals surface area contributed by atoms with E-state index in [-0.39, 0.29) is 17.1 Å². The van der Waals surface area contributed by atoms with E-state index in [4.69, 9.17) is 5.11 Å². The topological polar surface area (TPSA) is 89.8 Å². The Balaban J connectivity index is 1.85. The SMILES string of the molecule is Cc1ccc2c(N3CCN(C(=O)O)CC3)nc(-c3c(O)cccc3F)nc2c1. The molecule has 2 heterocycles. The fourth-order valence-corrected chi connectivity index (χ4v) is 3.42. The Morgan fingerprint density at radius 3 is 2.54 bits per heavy atom. The average Bonchev–Trinajstić information content (AvgIpc) is 2.67. The molecule has 7 nitrogen and oxygen atoms in total. The number of halogens is 1. The number of nitrogens with zero attached hydrogens (tertiary/aromatic N) is 4. The minimum absolute atomic E-state index is 0.0451. The second-order valence-electron chi connectivity index (χ2n) is 6.78. The number of carboxylic acid groups (broad SMARTS) is 1. The van der Waals surface area contributed by atoms with E-state index in [2.05, 4.69) is 9.97 Å². The standard InChI is InChI=1S/C20H19FN4O3/c1-12-5-6-13-15(11-12)22-18(17-14(21)3-2-4-16(17)26)23-19(13)24-7-9-25(10-8-24)20(27)28/h2-6,11,26H,7-10H2,1H3,(H,27,28). The number of aromatic hydroxyl groups is 1. The van der Waals surface area contributed by atoms with Crippen LogP contribution in [0.1, 0.15) is 5.56 Å². The summed E-state index contributed by atoms with van der Waals surface area (Å²) in [4.78, 5) is 23.6. The highest BCUT2D eigenvalue weighted by Gasteiger charge is 2.24. The Kier molecular flexibility index (Phi) is 4.46. The molecule has 1 aliphatic rings. The van der Waals surface area contributed by atoms with Gasteiger partial charge in [0.1, 0.15) is 17.4 Å². The molecular weight excluding hydrogens is 363 g/mol. The molecule has 0 spiro atoms. The molecule has 4 rings (SSSR count). The molecule has 1 aliphatic heterocycles. The lowest BCUT2D eigenvalue weighted by molar-refractivity contribution is 0.142. The lowest BCUT2D eigenvalue weighted by Gasteiger charge is -2.34. The number of hydrogen-bond donors (Lipinski definition) is 2. The van der Waals surface area contributed by atoms with Gasteiger partial charge in [-0.1, -0.05) is 12.1 Å². The maximum Gasteiger partial charge on any atom is 0.407 e. The molecule has 8 heteroatoms. The van der Waals surface area contributed by atoms with Gasteiger partial charge in [0.05, 0.1) is 11.1 Å². The minimum Gasteiger partial charge on any atom is -0.507 e. The number of amides is 1. The zero-order valence-corrected chi connectivity index (χ0v) is 15.3. The van der Waals surface area contributed by atoms with Gasteiger partial charge in [-0.15, -0.1) is 0 Å². The van der Waals surface area contributed by atoms with Crippen LogP contribution in [-0.4, -0.2) is 57.4 Å². The van der Waals surface area contributed by atoms with Crippen LogP contribution in [0.15, 0.2) is 36.4 Å². The summed E-state index contributed by atoms with van der Waals surface area (Å²) in [5.74, 6) is -0.126. The monoisotopic (exact) mass is 382 g/mol. The summed E-state index contributed by atoms with van der Waals surface area (Å²) in [7, 11) is 0. The smallest absolute Gasteiger partial charge is 0.407 e. The van der Waals surface area contributed by atoms with Gasteiger partial charge in [0.15, 0.2) is 5.82 Å². The Morgan fingerprint density at radius 2 is 1.86 bits per heavy atom. The van der Waals surface area contributed by atoms with Gasteiger partial charge in [-0.25, -0.2) is 19.2 Å². The summed E-state index contributed by atoms with van der Waals surface area (Å²) < 4.78 is 14.4. The van der Waals surface area contributed by atoms with Crippen molar-refractivity contribution in [3.8, 4) is 17.1 Å². The molecule has 0 unspecified atom stereocenters. The van der Waals surface area contributed by atoms with E-state index in [1.165, 1.54) is 23.1 Å². The molecule has 2 N–H and O–H groups in total. The summed E-state index contributed by atoms with van der Waals surface area (Å²) in [5, 5.41) is 20.1. The van der Waals surface area contributed by atoms with Gasteiger partial charge in [-0.05, 0) is 36.8 Å². The zero-order chi connectivity index (χ0) is 19.8. The van der Waals surface area contributed by atoms with Crippen molar-refractivity contribution in [2.75, 3.05) is 31.1 Å². The summed E-state index contributed by atoms with van der Waals surface area (Å²) in [6.07, 6.45) is -0.945. The largest absolute Gasteiger partial charge is 0.507 e. The molecular formula is C20H19FN4O3. The van der Waals surface area contributed by atoms with E-state index >= 15 is 0 Å². The first-order valence-electron chi connectivity index (χ1n) is 8.93. The van der Waals surface area contributed by atoms with E-state index in [1.54, 1.807) is 0 Å². The normalized spacial score (nSPS) is 14.5. The van der Waals surface area contributed by atoms with Gasteiger partial charge in [-0.2, -0.15) is 0 Å². The lowest BCUT2D eigenvalue weighted by atomic mass is 10.1. The Labute approximate surface area is 160 Å². The molecule has 0 aliphatic carbocycles. The van der Waals surface area contributed by atoms with Crippen LogP contribution in [0, 0.1) is 12.7 Å². The summed E-state index contributed by atoms with van der Waals surface area (Å²) in [6.45, 7) is 3.58. The summed E-state index contributed by atoms with van der Waals surface area (Å²) in [5.41, 5.74) is 1.59. The van der Waals surface area contributed by atoms with Crippen molar-refractivity contribution in [3.63, 3.8) is 0 Å². The lowest BCUT2D eigenvalue weighted by Crippen LogP contribution is -2.48. The van der Waals surface area contributed by atoms with Crippen LogP contribution in [0.5, 0.6) is 5.75 Å². The quantitative estimate of drug-likeness (QED) is 0.707. The van der Waals surface area contributed by atoms with E-state index in [0.29, 0.717) is 37.5 Å². The van der Waals surface area contributed by atoms with Gasteiger partial charge in [0.25, 0.3) is 0 Å². The number of anilines is 1. The number of aryl methyl sites for hydroxylation is 1. The van der Waals surface area contributed by atoms with E-state index < -0.39 is 11.9 Å². The number of benzene rings is 2. The molecule has 0 radical (unpaired) electrons. The van der Waals surface area contributed by atoms with Crippen LogP contribution in [-0.2, 0) is 0 Å². The van der Waals surface area contributed by atoms with Crippen LogP contribution in [0.3, 0.4) is 0 Å². The number of piperazine rings is 1. The number of aromatic nitrogens is 2.